The Bertz CT molecular complexity index is 1560. The first-order chi connectivity index (χ1) is 18.2. The van der Waals surface area contributed by atoms with Crippen LogP contribution in [0.4, 0.5) is 39.4 Å². The van der Waals surface area contributed by atoms with Crippen LogP contribution < -0.4 is 35.9 Å². The number of nitrogens with one attached hydrogen (secondary N) is 3. The number of hydrogen-bond donors (Lipinski definition) is 3. The lowest BCUT2D eigenvalue weighted by molar-refractivity contribution is -0.275. The van der Waals surface area contributed by atoms with Gasteiger partial charge in [-0.25, -0.2) is 17.6 Å². The molecule has 0 aliphatic carbocycles. The lowest BCUT2D eigenvalue weighted by Crippen LogP contribution is -2.50. The van der Waals surface area contributed by atoms with E-state index in [2.05, 4.69) is 20.1 Å². The quantitative estimate of drug-likeness (QED) is 0.293. The Balaban J connectivity index is 1.34. The van der Waals surface area contributed by atoms with E-state index in [0.717, 1.165) is 17.7 Å². The van der Waals surface area contributed by atoms with Crippen LogP contribution in [0.25, 0.3) is 0 Å². The molecule has 208 valence electrons. The third-order valence-corrected chi connectivity index (χ3v) is 7.38. The van der Waals surface area contributed by atoms with Gasteiger partial charge in [0, 0.05) is 30.9 Å². The molecule has 1 saturated heterocycles. The van der Waals surface area contributed by atoms with Crippen molar-refractivity contribution in [3.05, 3.63) is 74.3 Å². The molecule has 10 nitrogen and oxygen atoms in total. The molecule has 4 rings (SSSR count). The number of piperidine rings is 1. The number of alkyl halides is 3. The number of ether oxygens (including phenoxy) is 1. The fourth-order valence-electron chi connectivity index (χ4n) is 4.07. The topological polar surface area (TPSA) is 134 Å². The summed E-state index contributed by atoms with van der Waals surface area (Å²) < 4.78 is 81.8. The summed E-state index contributed by atoms with van der Waals surface area (Å²) in [5.41, 5.74) is -1.39. The number of hydrogen-bond acceptors (Lipinski definition) is 7. The average Bonchev–Trinajstić information content (AvgIpc) is 2.85. The zero-order valence-corrected chi connectivity index (χ0v) is 21.1. The summed E-state index contributed by atoms with van der Waals surface area (Å²) in [6.07, 6.45) is -4.42. The van der Waals surface area contributed by atoms with Crippen molar-refractivity contribution in [1.29, 1.82) is 0 Å². The highest BCUT2D eigenvalue weighted by atomic mass is 32.2. The molecule has 0 radical (unpaired) electrons. The molecule has 0 unspecified atom stereocenters. The molecule has 3 aromatic carbocycles. The van der Waals surface area contributed by atoms with Crippen molar-refractivity contribution in [2.24, 2.45) is 0 Å². The van der Waals surface area contributed by atoms with Crippen LogP contribution in [0.2, 0.25) is 0 Å². The van der Waals surface area contributed by atoms with Crippen LogP contribution in [-0.4, -0.2) is 39.9 Å². The Morgan fingerprint density at radius 2 is 1.67 bits per heavy atom. The van der Waals surface area contributed by atoms with Gasteiger partial charge in [0.25, 0.3) is 20.9 Å². The highest BCUT2D eigenvalue weighted by molar-refractivity contribution is 7.92. The van der Waals surface area contributed by atoms with Gasteiger partial charge in [-0.05, 0) is 44.0 Å². The molecule has 0 bridgehead atoms. The fraction of sp³-hybridized carbons (Fsp3) is 0.292. The number of benzene rings is 2. The summed E-state index contributed by atoms with van der Waals surface area (Å²) in [6.45, 7) is 2.22. The van der Waals surface area contributed by atoms with Gasteiger partial charge in [0.2, 0.25) is 0 Å². The molecule has 2 amide bonds. The van der Waals surface area contributed by atoms with E-state index in [0.29, 0.717) is 18.9 Å². The van der Waals surface area contributed by atoms with Gasteiger partial charge in [0.15, 0.2) is 11.6 Å². The maximum atomic E-state index is 13.9. The number of carbonyl (C=O) groups is 1. The van der Waals surface area contributed by atoms with Gasteiger partial charge in [-0.1, -0.05) is 17.7 Å². The highest BCUT2D eigenvalue weighted by Gasteiger charge is 2.33. The molecule has 1 heterocycles. The highest BCUT2D eigenvalue weighted by Crippen LogP contribution is 2.28. The van der Waals surface area contributed by atoms with Gasteiger partial charge in [0.05, 0.1) is 4.90 Å². The fourth-order valence-corrected chi connectivity index (χ4v) is 5.14. The Morgan fingerprint density at radius 1 is 1.03 bits per heavy atom. The molecule has 0 saturated carbocycles. The molecule has 0 atom stereocenters. The van der Waals surface area contributed by atoms with Crippen LogP contribution in [0, 0.1) is 12.7 Å². The number of urea groups is 1. The normalized spacial score (nSPS) is 14.7. The first-order valence-corrected chi connectivity index (χ1v) is 13.0. The van der Waals surface area contributed by atoms with Crippen molar-refractivity contribution < 1.29 is 35.5 Å². The van der Waals surface area contributed by atoms with Crippen LogP contribution in [-0.2, 0) is 10.0 Å². The lowest BCUT2D eigenvalue weighted by Gasteiger charge is -2.35. The Morgan fingerprint density at radius 3 is 2.26 bits per heavy atom. The number of nitrogens with zero attached hydrogens (tertiary/aromatic N) is 1. The predicted molar refractivity (Wildman–Crippen MR) is 134 cm³/mol. The molecule has 1 fully saturated rings. The largest absolute Gasteiger partial charge is 0.573 e. The third-order valence-electron chi connectivity index (χ3n) is 6.01. The van der Waals surface area contributed by atoms with E-state index < -0.39 is 50.9 Å². The standard InChI is InChI=1S/C24H22F4N4O6S/c1-13-2-5-16(6-3-13)39(36,37)31-19-20(22(34)21(19)33)32-10-8-14(9-11-32)29-23(35)30-15-4-7-18(17(25)12-15)38-24(26,27)28/h2-7,12,14,31H,8-11H2,1H3,(H2,29,30,35). The van der Waals surface area contributed by atoms with Crippen LogP contribution in [0.1, 0.15) is 18.4 Å². The van der Waals surface area contributed by atoms with Gasteiger partial charge >= 0.3 is 12.4 Å². The minimum atomic E-state index is -5.07. The van der Waals surface area contributed by atoms with Crippen molar-refractivity contribution in [1.82, 2.24) is 5.32 Å². The van der Waals surface area contributed by atoms with Crippen LogP contribution >= 0.6 is 0 Å². The van der Waals surface area contributed by atoms with E-state index in [9.17, 15) is 40.4 Å². The second kappa shape index (κ2) is 10.6. The van der Waals surface area contributed by atoms with E-state index in [-0.39, 0.29) is 35.0 Å². The number of aryl methyl sites for hydroxylation is 1. The smallest absolute Gasteiger partial charge is 0.403 e. The minimum absolute atomic E-state index is 0.0461. The predicted octanol–water partition coefficient (Wildman–Crippen LogP) is 3.22. The van der Waals surface area contributed by atoms with E-state index in [1.165, 1.54) is 12.1 Å². The lowest BCUT2D eigenvalue weighted by atomic mass is 10.0. The number of sulfonamides is 1. The summed E-state index contributed by atoms with van der Waals surface area (Å²) in [5.74, 6) is -2.36. The van der Waals surface area contributed by atoms with E-state index in [1.54, 1.807) is 24.0 Å². The summed E-state index contributed by atoms with van der Waals surface area (Å²) in [6, 6.07) is 7.26. The third kappa shape index (κ3) is 6.47. The number of rotatable bonds is 7. The molecule has 15 heteroatoms. The van der Waals surface area contributed by atoms with Crippen molar-refractivity contribution in [2.45, 2.75) is 37.1 Å². The summed E-state index contributed by atoms with van der Waals surface area (Å²) >= 11 is 0. The number of anilines is 3. The van der Waals surface area contributed by atoms with Gasteiger partial charge in [-0.2, -0.15) is 0 Å². The molecule has 1 aliphatic heterocycles. The van der Waals surface area contributed by atoms with Crippen molar-refractivity contribution in [3.8, 4) is 5.75 Å². The molecule has 3 N–H and O–H groups in total. The molecule has 0 aromatic heterocycles. The Kier molecular flexibility index (Phi) is 7.54. The first-order valence-electron chi connectivity index (χ1n) is 11.5. The van der Waals surface area contributed by atoms with Crippen molar-refractivity contribution >= 4 is 33.1 Å². The van der Waals surface area contributed by atoms with Crippen LogP contribution in [0.15, 0.2) is 56.9 Å². The first kappa shape index (κ1) is 27.9. The van der Waals surface area contributed by atoms with E-state index in [4.69, 9.17) is 0 Å². The number of carbonyl (C=O) groups excluding carboxylic acids is 1. The molecular weight excluding hydrogens is 548 g/mol. The molecule has 1 aliphatic rings. The van der Waals surface area contributed by atoms with Crippen LogP contribution in [0.3, 0.4) is 0 Å². The number of halogens is 4. The van der Waals surface area contributed by atoms with E-state index in [1.807, 2.05) is 0 Å². The zero-order valence-electron chi connectivity index (χ0n) is 20.3. The van der Waals surface area contributed by atoms with Crippen LogP contribution in [0.5, 0.6) is 5.75 Å². The number of amides is 2. The van der Waals surface area contributed by atoms with Gasteiger partial charge < -0.3 is 20.3 Å². The molecule has 39 heavy (non-hydrogen) atoms. The van der Waals surface area contributed by atoms with Crippen molar-refractivity contribution in [2.75, 3.05) is 28.0 Å². The maximum absolute atomic E-state index is 13.9. The van der Waals surface area contributed by atoms with Crippen molar-refractivity contribution in [3.63, 3.8) is 0 Å². The van der Waals surface area contributed by atoms with Gasteiger partial charge in [0.1, 0.15) is 11.4 Å². The SMILES string of the molecule is Cc1ccc(S(=O)(=O)Nc2c(N3CCC(NC(=O)Nc4ccc(OC(F)(F)F)c(F)c4)CC3)c(=O)c2=O)cc1. The zero-order chi connectivity index (χ0) is 28.5. The molecule has 3 aromatic rings. The second-order valence-corrected chi connectivity index (χ2v) is 10.5. The minimum Gasteiger partial charge on any atom is -0.403 e. The summed E-state index contributed by atoms with van der Waals surface area (Å²) in [4.78, 5) is 38.2. The average molecular weight is 571 g/mol. The summed E-state index contributed by atoms with van der Waals surface area (Å²) in [5, 5.41) is 4.96. The Hall–Kier alpha value is -4.14. The summed E-state index contributed by atoms with van der Waals surface area (Å²) in [7, 11) is -4.10. The van der Waals surface area contributed by atoms with Gasteiger partial charge in [-0.15, -0.1) is 13.2 Å². The maximum Gasteiger partial charge on any atom is 0.573 e. The monoisotopic (exact) mass is 570 g/mol. The molecule has 0 spiro atoms. The Labute approximate surface area is 219 Å². The van der Waals surface area contributed by atoms with E-state index >= 15 is 0 Å². The van der Waals surface area contributed by atoms with Gasteiger partial charge in [-0.3, -0.25) is 14.3 Å². The molecular formula is C24H22F4N4O6S. The second-order valence-electron chi connectivity index (χ2n) is 8.85.